The molecule has 2 nitrogen and oxygen atoms in total. The number of rotatable bonds is 5. The van der Waals surface area contributed by atoms with Gasteiger partial charge in [-0.15, -0.1) is 0 Å². The number of hydrogen-bond donors (Lipinski definition) is 2. The largest absolute Gasteiger partial charge is 0.396 e. The van der Waals surface area contributed by atoms with Gasteiger partial charge in [-0.05, 0) is 19.3 Å². The molecule has 0 aromatic rings. The lowest BCUT2D eigenvalue weighted by atomic mass is 10.2. The van der Waals surface area contributed by atoms with Crippen LogP contribution in [0.1, 0.15) is 26.2 Å². The molecule has 0 spiro atoms. The standard InChI is InChI=1S/C8H16O2/c1-2-3-4-5-8(10)6-7-9/h3-4,8-10H,2,5-7H2,1H3/b4-3+/t8-/m0/s1. The second kappa shape index (κ2) is 6.78. The Bertz CT molecular complexity index is 89.3. The van der Waals surface area contributed by atoms with Crippen molar-refractivity contribution in [2.24, 2.45) is 0 Å². The molecule has 2 heteroatoms. The summed E-state index contributed by atoms with van der Waals surface area (Å²) in [5.74, 6) is 0. The minimum atomic E-state index is -0.368. The summed E-state index contributed by atoms with van der Waals surface area (Å²) in [5, 5.41) is 17.5. The van der Waals surface area contributed by atoms with Crippen molar-refractivity contribution in [2.45, 2.75) is 32.3 Å². The molecule has 0 aromatic heterocycles. The third-order valence-electron chi connectivity index (χ3n) is 1.27. The fraction of sp³-hybridized carbons (Fsp3) is 0.750. The van der Waals surface area contributed by atoms with E-state index in [1.54, 1.807) is 0 Å². The maximum absolute atomic E-state index is 9.06. The van der Waals surface area contributed by atoms with Crippen LogP contribution in [0.25, 0.3) is 0 Å². The monoisotopic (exact) mass is 144 g/mol. The molecule has 0 bridgehead atoms. The van der Waals surface area contributed by atoms with Crippen molar-refractivity contribution in [3.8, 4) is 0 Å². The fourth-order valence-corrected chi connectivity index (χ4v) is 0.687. The van der Waals surface area contributed by atoms with E-state index in [4.69, 9.17) is 10.2 Å². The number of allylic oxidation sites excluding steroid dienone is 1. The van der Waals surface area contributed by atoms with E-state index in [2.05, 4.69) is 6.92 Å². The number of hydrogen-bond acceptors (Lipinski definition) is 2. The molecule has 0 amide bonds. The van der Waals surface area contributed by atoms with Crippen molar-refractivity contribution in [1.82, 2.24) is 0 Å². The molecule has 0 fully saturated rings. The van der Waals surface area contributed by atoms with E-state index in [0.717, 1.165) is 6.42 Å². The summed E-state index contributed by atoms with van der Waals surface area (Å²) in [7, 11) is 0. The van der Waals surface area contributed by atoms with Crippen LogP contribution >= 0.6 is 0 Å². The predicted molar refractivity (Wildman–Crippen MR) is 41.8 cm³/mol. The van der Waals surface area contributed by atoms with Crippen LogP contribution in [0.15, 0.2) is 12.2 Å². The second-order valence-corrected chi connectivity index (χ2v) is 2.28. The van der Waals surface area contributed by atoms with E-state index in [0.29, 0.717) is 12.8 Å². The molecule has 60 valence electrons. The molecule has 0 saturated carbocycles. The fourth-order valence-electron chi connectivity index (χ4n) is 0.687. The summed E-state index contributed by atoms with van der Waals surface area (Å²) in [5.41, 5.74) is 0. The first kappa shape index (κ1) is 9.66. The maximum atomic E-state index is 9.06. The highest BCUT2D eigenvalue weighted by Gasteiger charge is 1.97. The van der Waals surface area contributed by atoms with E-state index < -0.39 is 0 Å². The van der Waals surface area contributed by atoms with Crippen molar-refractivity contribution < 1.29 is 10.2 Å². The van der Waals surface area contributed by atoms with Gasteiger partial charge in [0.1, 0.15) is 0 Å². The summed E-state index contributed by atoms with van der Waals surface area (Å²) in [4.78, 5) is 0. The lowest BCUT2D eigenvalue weighted by Crippen LogP contribution is -2.06. The molecule has 0 rings (SSSR count). The molecule has 2 N–H and O–H groups in total. The van der Waals surface area contributed by atoms with Crippen LogP contribution < -0.4 is 0 Å². The highest BCUT2D eigenvalue weighted by atomic mass is 16.3. The molecule has 0 aliphatic carbocycles. The van der Waals surface area contributed by atoms with Crippen LogP contribution in [0.4, 0.5) is 0 Å². The van der Waals surface area contributed by atoms with Gasteiger partial charge >= 0.3 is 0 Å². The summed E-state index contributed by atoms with van der Waals surface area (Å²) in [6, 6.07) is 0. The zero-order valence-electron chi connectivity index (χ0n) is 6.45. The van der Waals surface area contributed by atoms with Gasteiger partial charge < -0.3 is 10.2 Å². The molecule has 10 heavy (non-hydrogen) atoms. The van der Waals surface area contributed by atoms with Crippen molar-refractivity contribution in [3.05, 3.63) is 12.2 Å². The highest BCUT2D eigenvalue weighted by molar-refractivity contribution is 4.82. The smallest absolute Gasteiger partial charge is 0.0596 e. The summed E-state index contributed by atoms with van der Waals surface area (Å²) >= 11 is 0. The van der Waals surface area contributed by atoms with Crippen molar-refractivity contribution in [2.75, 3.05) is 6.61 Å². The Hall–Kier alpha value is -0.340. The van der Waals surface area contributed by atoms with Gasteiger partial charge in [-0.3, -0.25) is 0 Å². The van der Waals surface area contributed by atoms with Gasteiger partial charge in [0.15, 0.2) is 0 Å². The highest BCUT2D eigenvalue weighted by Crippen LogP contribution is 1.97. The number of aliphatic hydroxyl groups excluding tert-OH is 2. The zero-order chi connectivity index (χ0) is 7.82. The zero-order valence-corrected chi connectivity index (χ0v) is 6.45. The second-order valence-electron chi connectivity index (χ2n) is 2.28. The molecular weight excluding hydrogens is 128 g/mol. The van der Waals surface area contributed by atoms with Crippen LogP contribution in [0, 0.1) is 0 Å². The Morgan fingerprint density at radius 2 is 2.10 bits per heavy atom. The topological polar surface area (TPSA) is 40.5 Å². The Kier molecular flexibility index (Phi) is 6.55. The Balaban J connectivity index is 3.20. The number of aliphatic hydroxyl groups is 2. The van der Waals surface area contributed by atoms with E-state index in [1.807, 2.05) is 12.2 Å². The predicted octanol–water partition coefficient (Wildman–Crippen LogP) is 1.09. The molecule has 0 unspecified atom stereocenters. The molecule has 0 saturated heterocycles. The maximum Gasteiger partial charge on any atom is 0.0596 e. The van der Waals surface area contributed by atoms with Crippen LogP contribution in [-0.4, -0.2) is 22.9 Å². The van der Waals surface area contributed by atoms with Gasteiger partial charge in [-0.2, -0.15) is 0 Å². The lowest BCUT2D eigenvalue weighted by molar-refractivity contribution is 0.135. The average Bonchev–Trinajstić information content (AvgIpc) is 1.89. The van der Waals surface area contributed by atoms with E-state index in [1.165, 1.54) is 0 Å². The van der Waals surface area contributed by atoms with Crippen molar-refractivity contribution in [1.29, 1.82) is 0 Å². The van der Waals surface area contributed by atoms with E-state index in [9.17, 15) is 0 Å². The quantitative estimate of drug-likeness (QED) is 0.567. The summed E-state index contributed by atoms with van der Waals surface area (Å²) in [6.07, 6.45) is 5.74. The van der Waals surface area contributed by atoms with E-state index in [-0.39, 0.29) is 12.7 Å². The van der Waals surface area contributed by atoms with E-state index >= 15 is 0 Å². The molecule has 0 aliphatic rings. The Morgan fingerprint density at radius 1 is 1.40 bits per heavy atom. The SMILES string of the molecule is CC/C=C/C[C@H](O)CCO. The first-order valence-electron chi connectivity index (χ1n) is 3.75. The summed E-state index contributed by atoms with van der Waals surface area (Å²) < 4.78 is 0. The third-order valence-corrected chi connectivity index (χ3v) is 1.27. The Morgan fingerprint density at radius 3 is 2.60 bits per heavy atom. The molecule has 0 radical (unpaired) electrons. The minimum Gasteiger partial charge on any atom is -0.396 e. The van der Waals surface area contributed by atoms with Gasteiger partial charge in [-0.25, -0.2) is 0 Å². The van der Waals surface area contributed by atoms with Gasteiger partial charge in [0.05, 0.1) is 6.10 Å². The van der Waals surface area contributed by atoms with Crippen LogP contribution in [0.5, 0.6) is 0 Å². The van der Waals surface area contributed by atoms with Crippen LogP contribution in [0.2, 0.25) is 0 Å². The molecule has 0 aromatic carbocycles. The van der Waals surface area contributed by atoms with Crippen LogP contribution in [-0.2, 0) is 0 Å². The van der Waals surface area contributed by atoms with Gasteiger partial charge in [0.25, 0.3) is 0 Å². The normalized spacial score (nSPS) is 14.3. The molecule has 0 heterocycles. The Labute approximate surface area is 62.2 Å². The van der Waals surface area contributed by atoms with Crippen molar-refractivity contribution in [3.63, 3.8) is 0 Å². The molecular formula is C8H16O2. The molecule has 1 atom stereocenters. The first-order chi connectivity index (χ1) is 4.81. The van der Waals surface area contributed by atoms with Crippen molar-refractivity contribution >= 4 is 0 Å². The first-order valence-corrected chi connectivity index (χ1v) is 3.75. The van der Waals surface area contributed by atoms with Gasteiger partial charge in [0.2, 0.25) is 0 Å². The summed E-state index contributed by atoms with van der Waals surface area (Å²) in [6.45, 7) is 2.12. The lowest BCUT2D eigenvalue weighted by Gasteiger charge is -2.03. The van der Waals surface area contributed by atoms with Gasteiger partial charge in [-0.1, -0.05) is 19.1 Å². The van der Waals surface area contributed by atoms with Gasteiger partial charge in [0, 0.05) is 6.61 Å². The van der Waals surface area contributed by atoms with Crippen LogP contribution in [0.3, 0.4) is 0 Å². The molecule has 0 aliphatic heterocycles. The average molecular weight is 144 g/mol. The minimum absolute atomic E-state index is 0.0706. The third kappa shape index (κ3) is 5.79.